The minimum absolute atomic E-state index is 0.110. The zero-order chi connectivity index (χ0) is 18.8. The molecule has 0 atom stereocenters. The van der Waals surface area contributed by atoms with Crippen molar-refractivity contribution in [3.63, 3.8) is 0 Å². The molecule has 0 saturated heterocycles. The summed E-state index contributed by atoms with van der Waals surface area (Å²) in [6, 6.07) is 4.28. The van der Waals surface area contributed by atoms with Crippen molar-refractivity contribution in [1.29, 1.82) is 0 Å². The third kappa shape index (κ3) is 3.04. The molecule has 0 bridgehead atoms. The maximum absolute atomic E-state index is 13.8. The summed E-state index contributed by atoms with van der Waals surface area (Å²) in [5, 5.41) is 4.14. The van der Waals surface area contributed by atoms with Crippen LogP contribution in [0.25, 0.3) is 11.2 Å². The number of allylic oxidation sites excluding steroid dienone is 1. The number of nitrogens with zero attached hydrogens (tertiary/aromatic N) is 4. The van der Waals surface area contributed by atoms with Gasteiger partial charge in [0.15, 0.2) is 11.2 Å². The summed E-state index contributed by atoms with van der Waals surface area (Å²) in [7, 11) is 1.48. The first-order valence-electron chi connectivity index (χ1n) is 7.47. The summed E-state index contributed by atoms with van der Waals surface area (Å²) in [5.74, 6) is -0.336. The lowest BCUT2D eigenvalue weighted by molar-refractivity contribution is 0.626. The van der Waals surface area contributed by atoms with Crippen molar-refractivity contribution in [1.82, 2.24) is 19.1 Å². The fourth-order valence-electron chi connectivity index (χ4n) is 2.42. The molecule has 2 heterocycles. The molecule has 1 aromatic carbocycles. The molecule has 0 aliphatic rings. The number of benzene rings is 1. The SMILES string of the molecule is C=CCn1c(N/N=C\c2c(F)cccc2Cl)nc2c1c(=O)[nH]c(=O)n2C. The molecule has 0 unspecified atom stereocenters. The van der Waals surface area contributed by atoms with E-state index >= 15 is 0 Å². The predicted molar refractivity (Wildman–Crippen MR) is 98.4 cm³/mol. The van der Waals surface area contributed by atoms with Crippen molar-refractivity contribution in [3.8, 4) is 0 Å². The van der Waals surface area contributed by atoms with E-state index in [2.05, 4.69) is 27.1 Å². The number of aromatic nitrogens is 4. The van der Waals surface area contributed by atoms with Gasteiger partial charge in [0, 0.05) is 19.2 Å². The highest BCUT2D eigenvalue weighted by atomic mass is 35.5. The van der Waals surface area contributed by atoms with Crippen molar-refractivity contribution < 1.29 is 4.39 Å². The minimum Gasteiger partial charge on any atom is -0.299 e. The Labute approximate surface area is 151 Å². The van der Waals surface area contributed by atoms with Gasteiger partial charge in [0.25, 0.3) is 5.56 Å². The number of hydrazone groups is 1. The molecule has 2 aromatic heterocycles. The lowest BCUT2D eigenvalue weighted by atomic mass is 10.2. The second-order valence-corrected chi connectivity index (χ2v) is 5.74. The highest BCUT2D eigenvalue weighted by molar-refractivity contribution is 6.33. The van der Waals surface area contributed by atoms with Crippen LogP contribution in [0.1, 0.15) is 5.56 Å². The van der Waals surface area contributed by atoms with Crippen LogP contribution in [0.2, 0.25) is 5.02 Å². The molecule has 0 fully saturated rings. The molecule has 0 radical (unpaired) electrons. The van der Waals surface area contributed by atoms with Crippen LogP contribution in [-0.2, 0) is 13.6 Å². The van der Waals surface area contributed by atoms with E-state index < -0.39 is 17.1 Å². The number of fused-ring (bicyclic) bond motifs is 1. The summed E-state index contributed by atoms with van der Waals surface area (Å²) in [5.41, 5.74) is 1.96. The number of H-pyrrole nitrogens is 1. The summed E-state index contributed by atoms with van der Waals surface area (Å²) in [6.45, 7) is 3.89. The highest BCUT2D eigenvalue weighted by Crippen LogP contribution is 2.18. The third-order valence-electron chi connectivity index (χ3n) is 3.68. The van der Waals surface area contributed by atoms with Crippen LogP contribution in [0, 0.1) is 5.82 Å². The molecule has 0 saturated carbocycles. The Morgan fingerprint density at radius 1 is 1.46 bits per heavy atom. The molecular formula is C16H14ClFN6O2. The number of rotatable bonds is 5. The predicted octanol–water partition coefficient (Wildman–Crippen LogP) is 1.85. The Kier molecular flexibility index (Phi) is 4.72. The van der Waals surface area contributed by atoms with Gasteiger partial charge in [-0.2, -0.15) is 10.1 Å². The van der Waals surface area contributed by atoms with Crippen molar-refractivity contribution in [2.45, 2.75) is 6.54 Å². The second-order valence-electron chi connectivity index (χ2n) is 5.33. The molecule has 26 heavy (non-hydrogen) atoms. The number of anilines is 1. The molecule has 3 rings (SSSR count). The monoisotopic (exact) mass is 376 g/mol. The molecule has 8 nitrogen and oxygen atoms in total. The smallest absolute Gasteiger partial charge is 0.299 e. The van der Waals surface area contributed by atoms with E-state index in [0.29, 0.717) is 0 Å². The number of imidazole rings is 1. The zero-order valence-corrected chi connectivity index (χ0v) is 14.4. The van der Waals surface area contributed by atoms with Crippen LogP contribution < -0.4 is 16.7 Å². The first-order valence-corrected chi connectivity index (χ1v) is 7.85. The number of nitrogens with one attached hydrogen (secondary N) is 2. The Bertz CT molecular complexity index is 1120. The molecule has 2 N–H and O–H groups in total. The Hall–Kier alpha value is -3.20. The van der Waals surface area contributed by atoms with Gasteiger partial charge >= 0.3 is 5.69 Å². The fourth-order valence-corrected chi connectivity index (χ4v) is 2.63. The van der Waals surface area contributed by atoms with Crippen molar-refractivity contribution in [2.75, 3.05) is 5.43 Å². The summed E-state index contributed by atoms with van der Waals surface area (Å²) < 4.78 is 16.5. The van der Waals surface area contributed by atoms with Gasteiger partial charge in [-0.25, -0.2) is 14.6 Å². The molecule has 0 spiro atoms. The van der Waals surface area contributed by atoms with E-state index in [-0.39, 0.29) is 34.2 Å². The van der Waals surface area contributed by atoms with Crippen LogP contribution in [0.4, 0.5) is 10.3 Å². The molecular weight excluding hydrogens is 363 g/mol. The van der Waals surface area contributed by atoms with Gasteiger partial charge in [0.05, 0.1) is 11.2 Å². The van der Waals surface area contributed by atoms with Crippen molar-refractivity contribution >= 4 is 34.9 Å². The normalized spacial score (nSPS) is 11.3. The lowest BCUT2D eigenvalue weighted by Crippen LogP contribution is -2.29. The van der Waals surface area contributed by atoms with Gasteiger partial charge in [-0.1, -0.05) is 23.7 Å². The second kappa shape index (κ2) is 6.96. The molecule has 0 aliphatic heterocycles. The van der Waals surface area contributed by atoms with E-state index in [9.17, 15) is 14.0 Å². The molecule has 10 heteroatoms. The summed E-state index contributed by atoms with van der Waals surface area (Å²) in [6.07, 6.45) is 2.77. The molecule has 0 amide bonds. The fraction of sp³-hybridized carbons (Fsp3) is 0.125. The third-order valence-corrected chi connectivity index (χ3v) is 4.01. The van der Waals surface area contributed by atoms with Gasteiger partial charge in [0.1, 0.15) is 5.82 Å². The average molecular weight is 377 g/mol. The topological polar surface area (TPSA) is 97.1 Å². The quantitative estimate of drug-likeness (QED) is 0.403. The Balaban J connectivity index is 2.06. The standard InChI is InChI=1S/C16H14ClFN6O2/c1-3-7-24-12-13(23(2)16(26)21-14(12)25)20-15(24)22-19-8-9-10(17)5-4-6-11(9)18/h3-6,8H,1,7H2,2H3,(H,20,22)(H,21,25,26)/b19-8-. The maximum atomic E-state index is 13.8. The first kappa shape index (κ1) is 17.6. The van der Waals surface area contributed by atoms with Gasteiger partial charge in [0.2, 0.25) is 5.95 Å². The van der Waals surface area contributed by atoms with E-state index in [1.807, 2.05) is 0 Å². The zero-order valence-electron chi connectivity index (χ0n) is 13.7. The number of aromatic amines is 1. The number of hydrogen-bond acceptors (Lipinski definition) is 5. The van der Waals surface area contributed by atoms with Crippen LogP contribution in [-0.4, -0.2) is 25.3 Å². The van der Waals surface area contributed by atoms with Crippen LogP contribution in [0.3, 0.4) is 0 Å². The van der Waals surface area contributed by atoms with Crippen molar-refractivity contribution in [3.05, 3.63) is 68.1 Å². The highest BCUT2D eigenvalue weighted by Gasteiger charge is 2.16. The van der Waals surface area contributed by atoms with Gasteiger partial charge in [-0.15, -0.1) is 6.58 Å². The Morgan fingerprint density at radius 2 is 2.23 bits per heavy atom. The van der Waals surface area contributed by atoms with Crippen LogP contribution >= 0.6 is 11.6 Å². The molecule has 0 aliphatic carbocycles. The maximum Gasteiger partial charge on any atom is 0.329 e. The van der Waals surface area contributed by atoms with Crippen molar-refractivity contribution in [2.24, 2.45) is 12.1 Å². The molecule has 3 aromatic rings. The number of halogens is 2. The minimum atomic E-state index is -0.584. The Morgan fingerprint density at radius 3 is 2.92 bits per heavy atom. The van der Waals surface area contributed by atoms with E-state index in [1.165, 1.54) is 40.6 Å². The number of hydrogen-bond donors (Lipinski definition) is 2. The summed E-state index contributed by atoms with van der Waals surface area (Å²) >= 11 is 5.94. The van der Waals surface area contributed by atoms with E-state index in [1.54, 1.807) is 6.08 Å². The van der Waals surface area contributed by atoms with Gasteiger partial charge < -0.3 is 0 Å². The van der Waals surface area contributed by atoms with E-state index in [4.69, 9.17) is 11.6 Å². The number of aryl methyl sites for hydroxylation is 1. The molecule has 134 valence electrons. The van der Waals surface area contributed by atoms with Gasteiger partial charge in [-0.05, 0) is 12.1 Å². The van der Waals surface area contributed by atoms with E-state index in [0.717, 1.165) is 0 Å². The lowest BCUT2D eigenvalue weighted by Gasteiger charge is -2.05. The average Bonchev–Trinajstić information content (AvgIpc) is 2.95. The van der Waals surface area contributed by atoms with Crippen LogP contribution in [0.5, 0.6) is 0 Å². The van der Waals surface area contributed by atoms with Gasteiger partial charge in [-0.3, -0.25) is 18.9 Å². The largest absolute Gasteiger partial charge is 0.329 e. The first-order chi connectivity index (χ1) is 12.4. The van der Waals surface area contributed by atoms with Crippen LogP contribution in [0.15, 0.2) is 45.5 Å². The summed E-state index contributed by atoms with van der Waals surface area (Å²) in [4.78, 5) is 30.3.